The molecule has 0 bridgehead atoms. The first-order chi connectivity index (χ1) is 19.5. The molecule has 40 heavy (non-hydrogen) atoms. The van der Waals surface area contributed by atoms with Gasteiger partial charge >= 0.3 is 10.2 Å². The number of fused-ring (bicyclic) bond motifs is 1. The van der Waals surface area contributed by atoms with Crippen LogP contribution in [-0.2, 0) is 21.4 Å². The van der Waals surface area contributed by atoms with E-state index in [-0.39, 0.29) is 18.0 Å². The van der Waals surface area contributed by atoms with Crippen LogP contribution in [-0.4, -0.2) is 48.6 Å². The fourth-order valence-corrected chi connectivity index (χ4v) is 9.02. The average molecular weight is 585 g/mol. The molecular weight excluding hydrogens is 544 g/mol. The number of amides is 1. The van der Waals surface area contributed by atoms with Crippen molar-refractivity contribution >= 4 is 38.4 Å². The predicted octanol–water partition coefficient (Wildman–Crippen LogP) is 5.81. The van der Waals surface area contributed by atoms with Crippen LogP contribution >= 0.6 is 11.3 Å². The van der Waals surface area contributed by atoms with Gasteiger partial charge in [0.1, 0.15) is 0 Å². The Kier molecular flexibility index (Phi) is 8.58. The van der Waals surface area contributed by atoms with E-state index in [0.29, 0.717) is 29.7 Å². The first kappa shape index (κ1) is 27.9. The molecule has 3 heterocycles. The molecule has 0 radical (unpaired) electrons. The molecule has 2 aliphatic carbocycles. The summed E-state index contributed by atoms with van der Waals surface area (Å²) in [5.41, 5.74) is 2.39. The minimum atomic E-state index is -3.78. The molecule has 3 aromatic rings. The van der Waals surface area contributed by atoms with E-state index in [2.05, 4.69) is 10.0 Å². The Hall–Kier alpha value is -2.27. The Morgan fingerprint density at radius 2 is 1.65 bits per heavy atom. The van der Waals surface area contributed by atoms with E-state index >= 15 is 0 Å². The van der Waals surface area contributed by atoms with Gasteiger partial charge in [-0.05, 0) is 44.1 Å². The second-order valence-corrected chi connectivity index (χ2v) is 14.3. The van der Waals surface area contributed by atoms with Crippen LogP contribution in [0.1, 0.15) is 92.5 Å². The summed E-state index contributed by atoms with van der Waals surface area (Å²) in [5.74, 6) is 0.384. The maximum absolute atomic E-state index is 13.7. The molecule has 1 aromatic carbocycles. The molecule has 3 aliphatic rings. The molecule has 0 atom stereocenters. The Bertz CT molecular complexity index is 1430. The van der Waals surface area contributed by atoms with E-state index < -0.39 is 10.2 Å². The lowest BCUT2D eigenvalue weighted by molar-refractivity contribution is 0.0696. The van der Waals surface area contributed by atoms with E-state index in [0.717, 1.165) is 72.9 Å². The number of aromatic nitrogens is 2. The molecule has 0 spiro atoms. The van der Waals surface area contributed by atoms with Crippen LogP contribution in [0.15, 0.2) is 30.5 Å². The topological polar surface area (TPSA) is 102 Å². The third-order valence-electron chi connectivity index (χ3n) is 8.76. The van der Waals surface area contributed by atoms with E-state index in [1.54, 1.807) is 6.20 Å². The lowest BCUT2D eigenvalue weighted by Gasteiger charge is -2.23. The molecule has 10 heteroatoms. The molecule has 1 amide bonds. The number of thiazole rings is 1. The van der Waals surface area contributed by atoms with Gasteiger partial charge in [0, 0.05) is 42.4 Å². The largest absolute Gasteiger partial charge is 0.381 e. The summed E-state index contributed by atoms with van der Waals surface area (Å²) >= 11 is 1.39. The molecule has 2 N–H and O–H groups in total. The first-order valence-electron chi connectivity index (χ1n) is 15.0. The van der Waals surface area contributed by atoms with Gasteiger partial charge in [-0.15, -0.1) is 11.3 Å². The van der Waals surface area contributed by atoms with Crippen molar-refractivity contribution in [2.24, 2.45) is 5.92 Å². The van der Waals surface area contributed by atoms with Crippen molar-refractivity contribution in [1.82, 2.24) is 19.0 Å². The lowest BCUT2D eigenvalue weighted by atomic mass is 9.85. The normalized spacial score (nSPS) is 20.2. The van der Waals surface area contributed by atoms with Crippen LogP contribution in [0.3, 0.4) is 0 Å². The Morgan fingerprint density at radius 1 is 0.950 bits per heavy atom. The minimum absolute atomic E-state index is 0.0332. The molecule has 3 fully saturated rings. The van der Waals surface area contributed by atoms with Crippen molar-refractivity contribution in [3.05, 3.63) is 41.2 Å². The van der Waals surface area contributed by atoms with Gasteiger partial charge in [-0.3, -0.25) is 4.79 Å². The summed E-state index contributed by atoms with van der Waals surface area (Å²) in [7, 11) is -3.78. The van der Waals surface area contributed by atoms with Crippen LogP contribution in [0, 0.1) is 5.92 Å². The number of ether oxygens (including phenoxy) is 1. The summed E-state index contributed by atoms with van der Waals surface area (Å²) in [5, 5.41) is 4.47. The van der Waals surface area contributed by atoms with E-state index in [1.807, 2.05) is 24.3 Å². The lowest BCUT2D eigenvalue weighted by Crippen LogP contribution is -2.39. The molecule has 216 valence electrons. The monoisotopic (exact) mass is 584 g/mol. The Balaban J connectivity index is 1.37. The van der Waals surface area contributed by atoms with Crippen molar-refractivity contribution in [1.29, 1.82) is 0 Å². The molecule has 1 saturated heterocycles. The average Bonchev–Trinajstić information content (AvgIpc) is 3.57. The summed E-state index contributed by atoms with van der Waals surface area (Å²) < 4.78 is 37.1. The maximum Gasteiger partial charge on any atom is 0.305 e. The van der Waals surface area contributed by atoms with Gasteiger partial charge < -0.3 is 10.1 Å². The summed E-state index contributed by atoms with van der Waals surface area (Å²) in [6.45, 7) is 1.31. The van der Waals surface area contributed by atoms with Crippen molar-refractivity contribution in [3.63, 3.8) is 0 Å². The zero-order valence-electron chi connectivity index (χ0n) is 23.1. The third kappa shape index (κ3) is 6.15. The number of carbonyl (C=O) groups excluding carboxylic acids is 1. The smallest absolute Gasteiger partial charge is 0.305 e. The van der Waals surface area contributed by atoms with E-state index in [4.69, 9.17) is 9.72 Å². The zero-order valence-corrected chi connectivity index (χ0v) is 24.7. The van der Waals surface area contributed by atoms with Crippen molar-refractivity contribution in [2.45, 2.75) is 95.6 Å². The maximum atomic E-state index is 13.7. The summed E-state index contributed by atoms with van der Waals surface area (Å²) in [6.07, 6.45) is 15.2. The van der Waals surface area contributed by atoms with Crippen molar-refractivity contribution in [3.8, 4) is 10.4 Å². The van der Waals surface area contributed by atoms with Gasteiger partial charge in [-0.1, -0.05) is 69.6 Å². The molecule has 8 nitrogen and oxygen atoms in total. The van der Waals surface area contributed by atoms with E-state index in [9.17, 15) is 13.2 Å². The second-order valence-electron chi connectivity index (χ2n) is 11.7. The van der Waals surface area contributed by atoms with Crippen LogP contribution in [0.5, 0.6) is 0 Å². The van der Waals surface area contributed by atoms with Crippen LogP contribution < -0.4 is 10.0 Å². The fourth-order valence-electron chi connectivity index (χ4n) is 6.57. The van der Waals surface area contributed by atoms with Crippen LogP contribution in [0.4, 0.5) is 0 Å². The van der Waals surface area contributed by atoms with Crippen LogP contribution in [0.2, 0.25) is 0 Å². The molecule has 1 aliphatic heterocycles. The minimum Gasteiger partial charge on any atom is -0.381 e. The number of hydrogen-bond donors (Lipinski definition) is 2. The number of nitrogens with zero attached hydrogens (tertiary/aromatic N) is 2. The third-order valence-corrected chi connectivity index (χ3v) is 11.3. The van der Waals surface area contributed by atoms with Gasteiger partial charge in [0.05, 0.1) is 16.1 Å². The number of benzene rings is 1. The van der Waals surface area contributed by atoms with E-state index in [1.165, 1.54) is 47.4 Å². The van der Waals surface area contributed by atoms with Gasteiger partial charge in [-0.25, -0.2) is 8.96 Å². The fraction of sp³-hybridized carbons (Fsp3) is 0.600. The SMILES string of the molecule is O=C(NC1CCOCC1)c1nc(CC2CCCCC2)c(-c2cn(S(=O)(=O)NC3CCCCC3)c3ccccc23)s1. The van der Waals surface area contributed by atoms with Gasteiger partial charge in [0.2, 0.25) is 0 Å². The van der Waals surface area contributed by atoms with Gasteiger partial charge in [0.25, 0.3) is 5.91 Å². The van der Waals surface area contributed by atoms with Gasteiger partial charge in [-0.2, -0.15) is 13.1 Å². The molecule has 2 saturated carbocycles. The molecular formula is C30H40N4O4S2. The zero-order chi connectivity index (χ0) is 27.5. The molecule has 6 rings (SSSR count). The molecule has 2 aromatic heterocycles. The number of nitrogens with one attached hydrogen (secondary N) is 2. The highest BCUT2D eigenvalue weighted by Crippen LogP contribution is 2.40. The number of rotatable bonds is 8. The number of para-hydroxylation sites is 1. The predicted molar refractivity (Wildman–Crippen MR) is 159 cm³/mol. The highest BCUT2D eigenvalue weighted by Gasteiger charge is 2.28. The Labute approximate surface area is 241 Å². The second kappa shape index (κ2) is 12.3. The Morgan fingerprint density at radius 3 is 2.40 bits per heavy atom. The van der Waals surface area contributed by atoms with Crippen molar-refractivity contribution in [2.75, 3.05) is 13.2 Å². The summed E-state index contributed by atoms with van der Waals surface area (Å²) in [4.78, 5) is 19.2. The number of hydrogen-bond acceptors (Lipinski definition) is 6. The molecule has 0 unspecified atom stereocenters. The highest BCUT2D eigenvalue weighted by atomic mass is 32.2. The summed E-state index contributed by atoms with van der Waals surface area (Å²) in [6, 6.07) is 7.71. The van der Waals surface area contributed by atoms with Gasteiger partial charge in [0.15, 0.2) is 5.01 Å². The standard InChI is InChI=1S/C30H40N4O4S2/c35-29(31-22-15-17-38-18-16-22)30-32-26(19-21-9-3-1-4-10-21)28(39-30)25-20-34(27-14-8-7-13-24(25)27)40(36,37)33-23-11-5-2-6-12-23/h7-8,13-14,20-23,33H,1-6,9-12,15-19H2,(H,31,35). The first-order valence-corrected chi connectivity index (χ1v) is 17.3. The highest BCUT2D eigenvalue weighted by molar-refractivity contribution is 7.88. The van der Waals surface area contributed by atoms with Crippen molar-refractivity contribution < 1.29 is 17.9 Å². The number of carbonyl (C=O) groups is 1. The van der Waals surface area contributed by atoms with Crippen LogP contribution in [0.25, 0.3) is 21.3 Å². The quantitative estimate of drug-likeness (QED) is 0.348.